The van der Waals surface area contributed by atoms with Gasteiger partial charge in [-0.2, -0.15) is 0 Å². The third-order valence-electron chi connectivity index (χ3n) is 5.90. The van der Waals surface area contributed by atoms with Gasteiger partial charge in [-0.25, -0.2) is 8.78 Å². The Morgan fingerprint density at radius 3 is 0.941 bits per heavy atom. The van der Waals surface area contributed by atoms with Crippen LogP contribution in [0.15, 0.2) is 109 Å². The van der Waals surface area contributed by atoms with Crippen LogP contribution in [-0.4, -0.2) is 0 Å². The Morgan fingerprint density at radius 1 is 0.353 bits per heavy atom. The Morgan fingerprint density at radius 2 is 0.618 bits per heavy atom. The fraction of sp³-hybridized carbons (Fsp3) is 0. The Labute approximate surface area is 204 Å². The van der Waals surface area contributed by atoms with Crippen LogP contribution >= 0.6 is 22.7 Å². The van der Waals surface area contributed by atoms with Gasteiger partial charge in [0.25, 0.3) is 0 Å². The van der Waals surface area contributed by atoms with E-state index in [2.05, 4.69) is 60.7 Å². The molecule has 0 amide bonds. The Balaban J connectivity index is 1.23. The summed E-state index contributed by atoms with van der Waals surface area (Å²) in [6, 6.07) is 34.6. The molecule has 34 heavy (non-hydrogen) atoms. The lowest BCUT2D eigenvalue weighted by atomic mass is 10.0. The third kappa shape index (κ3) is 4.07. The van der Waals surface area contributed by atoms with Crippen LogP contribution in [0.3, 0.4) is 0 Å². The van der Waals surface area contributed by atoms with E-state index in [1.165, 1.54) is 54.5 Å². The van der Waals surface area contributed by atoms with E-state index >= 15 is 0 Å². The highest BCUT2D eigenvalue weighted by atomic mass is 32.1. The minimum atomic E-state index is -0.220. The van der Waals surface area contributed by atoms with Crippen molar-refractivity contribution in [3.8, 4) is 43.1 Å². The number of hydrogen-bond acceptors (Lipinski definition) is 2. The summed E-state index contributed by atoms with van der Waals surface area (Å²) in [5.41, 5.74) is 6.54. The molecular formula is C30H18F2S2. The number of benzene rings is 4. The summed E-state index contributed by atoms with van der Waals surface area (Å²) in [5.74, 6) is -0.440. The summed E-state index contributed by atoms with van der Waals surface area (Å²) in [6.07, 6.45) is 0. The molecule has 0 fully saturated rings. The largest absolute Gasteiger partial charge is 0.207 e. The fourth-order valence-corrected chi connectivity index (χ4v) is 6.47. The van der Waals surface area contributed by atoms with Gasteiger partial charge in [0.2, 0.25) is 0 Å². The van der Waals surface area contributed by atoms with Crippen molar-refractivity contribution in [3.05, 3.63) is 121 Å². The molecule has 0 aliphatic rings. The molecule has 2 heterocycles. The normalized spacial score (nSPS) is 11.2. The van der Waals surface area contributed by atoms with E-state index in [0.29, 0.717) is 0 Å². The van der Waals surface area contributed by atoms with E-state index in [-0.39, 0.29) is 11.6 Å². The van der Waals surface area contributed by atoms with Crippen LogP contribution in [0.4, 0.5) is 8.78 Å². The average molecular weight is 481 g/mol. The van der Waals surface area contributed by atoms with Crippen molar-refractivity contribution < 1.29 is 8.78 Å². The van der Waals surface area contributed by atoms with Crippen molar-refractivity contribution in [3.63, 3.8) is 0 Å². The number of thiophene rings is 2. The molecule has 0 unspecified atom stereocenters. The van der Waals surface area contributed by atoms with Crippen molar-refractivity contribution in [1.82, 2.24) is 0 Å². The molecule has 0 aliphatic carbocycles. The van der Waals surface area contributed by atoms with E-state index in [0.717, 1.165) is 22.3 Å². The van der Waals surface area contributed by atoms with E-state index < -0.39 is 0 Å². The average Bonchev–Trinajstić information content (AvgIpc) is 3.45. The topological polar surface area (TPSA) is 0 Å². The van der Waals surface area contributed by atoms with E-state index in [4.69, 9.17) is 0 Å². The second-order valence-electron chi connectivity index (χ2n) is 8.12. The first-order chi connectivity index (χ1) is 16.6. The van der Waals surface area contributed by atoms with Crippen LogP contribution in [-0.2, 0) is 0 Å². The van der Waals surface area contributed by atoms with Gasteiger partial charge in [-0.15, -0.1) is 22.7 Å². The summed E-state index contributed by atoms with van der Waals surface area (Å²) >= 11 is 3.59. The summed E-state index contributed by atoms with van der Waals surface area (Å²) in [5, 5.41) is 0. The molecule has 0 saturated carbocycles. The molecule has 4 aromatic carbocycles. The molecule has 0 saturated heterocycles. The van der Waals surface area contributed by atoms with Gasteiger partial charge < -0.3 is 0 Å². The molecule has 0 aliphatic heterocycles. The van der Waals surface area contributed by atoms with Gasteiger partial charge in [0, 0.05) is 19.2 Å². The molecule has 0 atom stereocenters. The van der Waals surface area contributed by atoms with Crippen LogP contribution in [0.1, 0.15) is 0 Å². The first kappa shape index (κ1) is 21.0. The van der Waals surface area contributed by atoms with E-state index in [1.54, 1.807) is 46.9 Å². The smallest absolute Gasteiger partial charge is 0.123 e. The maximum atomic E-state index is 13.2. The van der Waals surface area contributed by atoms with Crippen LogP contribution in [0.25, 0.3) is 52.5 Å². The van der Waals surface area contributed by atoms with Crippen molar-refractivity contribution in [1.29, 1.82) is 0 Å². The summed E-state index contributed by atoms with van der Waals surface area (Å²) in [6.45, 7) is 0. The monoisotopic (exact) mass is 480 g/mol. The van der Waals surface area contributed by atoms with Gasteiger partial charge in [-0.05, 0) is 69.8 Å². The number of fused-ring (bicyclic) bond motifs is 1. The van der Waals surface area contributed by atoms with E-state index in [1.807, 2.05) is 0 Å². The lowest BCUT2D eigenvalue weighted by molar-refractivity contribution is 0.627. The zero-order valence-corrected chi connectivity index (χ0v) is 19.6. The Kier molecular flexibility index (Phi) is 5.33. The molecule has 0 spiro atoms. The highest BCUT2D eigenvalue weighted by molar-refractivity contribution is 7.31. The zero-order chi connectivity index (χ0) is 23.1. The number of halogens is 2. The molecule has 2 aromatic heterocycles. The van der Waals surface area contributed by atoms with Gasteiger partial charge in [-0.1, -0.05) is 72.8 Å². The highest BCUT2D eigenvalue weighted by Crippen LogP contribution is 2.42. The summed E-state index contributed by atoms with van der Waals surface area (Å²) in [7, 11) is 0. The van der Waals surface area contributed by atoms with Crippen LogP contribution < -0.4 is 0 Å². The van der Waals surface area contributed by atoms with Crippen molar-refractivity contribution in [2.45, 2.75) is 0 Å². The third-order valence-corrected chi connectivity index (χ3v) is 8.29. The van der Waals surface area contributed by atoms with Gasteiger partial charge >= 0.3 is 0 Å². The zero-order valence-electron chi connectivity index (χ0n) is 18.0. The van der Waals surface area contributed by atoms with Crippen molar-refractivity contribution >= 4 is 32.1 Å². The quantitative estimate of drug-likeness (QED) is 0.235. The Hall–Kier alpha value is -3.60. The second-order valence-corrected chi connectivity index (χ2v) is 10.3. The summed E-state index contributed by atoms with van der Waals surface area (Å²) in [4.78, 5) is 2.48. The first-order valence-corrected chi connectivity index (χ1v) is 12.5. The van der Waals surface area contributed by atoms with Crippen LogP contribution in [0.2, 0.25) is 0 Å². The van der Waals surface area contributed by atoms with Crippen molar-refractivity contribution in [2.75, 3.05) is 0 Å². The van der Waals surface area contributed by atoms with Gasteiger partial charge in [0.15, 0.2) is 0 Å². The van der Waals surface area contributed by atoms with Gasteiger partial charge in [0.05, 0.1) is 0 Å². The first-order valence-electron chi connectivity index (χ1n) is 10.9. The Bertz CT molecular complexity index is 1420. The highest BCUT2D eigenvalue weighted by Gasteiger charge is 2.11. The standard InChI is InChI=1S/C30H18F2S2/c31-25-13-9-21(10-14-25)19-1-5-23(6-2-19)27-17-29-30(33-27)18-28(34-29)24-7-3-20(4-8-24)22-11-15-26(32)16-12-22/h1-18H. The minimum Gasteiger partial charge on any atom is -0.207 e. The summed E-state index contributed by atoms with van der Waals surface area (Å²) < 4.78 is 28.9. The molecule has 0 nitrogen and oxygen atoms in total. The van der Waals surface area contributed by atoms with Gasteiger partial charge in [0.1, 0.15) is 11.6 Å². The molecular weight excluding hydrogens is 462 g/mol. The lowest BCUT2D eigenvalue weighted by Gasteiger charge is -2.04. The second kappa shape index (κ2) is 8.64. The number of hydrogen-bond donors (Lipinski definition) is 0. The SMILES string of the molecule is Fc1ccc(-c2ccc(-c3cc4sc(-c5ccc(-c6ccc(F)cc6)cc5)cc4s3)cc2)cc1. The molecule has 0 bridgehead atoms. The van der Waals surface area contributed by atoms with Crippen LogP contribution in [0.5, 0.6) is 0 Å². The van der Waals surface area contributed by atoms with Gasteiger partial charge in [-0.3, -0.25) is 0 Å². The molecule has 0 N–H and O–H groups in total. The molecule has 4 heteroatoms. The molecule has 0 radical (unpaired) electrons. The molecule has 6 rings (SSSR count). The van der Waals surface area contributed by atoms with Crippen molar-refractivity contribution in [2.24, 2.45) is 0 Å². The molecule has 6 aromatic rings. The van der Waals surface area contributed by atoms with Crippen LogP contribution in [0, 0.1) is 11.6 Å². The molecule has 164 valence electrons. The maximum Gasteiger partial charge on any atom is 0.123 e. The number of rotatable bonds is 4. The van der Waals surface area contributed by atoms with E-state index in [9.17, 15) is 8.78 Å². The predicted octanol–water partition coefficient (Wildman–Crippen LogP) is 9.91. The minimum absolute atomic E-state index is 0.220. The fourth-order valence-electron chi connectivity index (χ4n) is 4.06. The lowest BCUT2D eigenvalue weighted by Crippen LogP contribution is -1.80. The maximum absolute atomic E-state index is 13.2. The predicted molar refractivity (Wildman–Crippen MR) is 141 cm³/mol.